The highest BCUT2D eigenvalue weighted by Crippen LogP contribution is 2.32. The van der Waals surface area contributed by atoms with Crippen LogP contribution in [0.15, 0.2) is 47.6 Å². The van der Waals surface area contributed by atoms with Gasteiger partial charge in [0.15, 0.2) is 0 Å². The Kier molecular flexibility index (Phi) is 14.8. The van der Waals surface area contributed by atoms with Gasteiger partial charge >= 0.3 is 5.97 Å². The second-order valence-corrected chi connectivity index (χ2v) is 10.6. The van der Waals surface area contributed by atoms with Crippen LogP contribution in [0.3, 0.4) is 0 Å². The van der Waals surface area contributed by atoms with Crippen molar-refractivity contribution in [3.63, 3.8) is 0 Å². The summed E-state index contributed by atoms with van der Waals surface area (Å²) in [5, 5.41) is 49.7. The minimum atomic E-state index is -0.948. The zero-order valence-electron chi connectivity index (χ0n) is 22.5. The molecule has 4 atom stereocenters. The number of aliphatic hydroxyl groups is 4. The summed E-state index contributed by atoms with van der Waals surface area (Å²) in [7, 11) is 0. The molecular formula is C31H48O6. The molecule has 0 aliphatic heterocycles. The summed E-state index contributed by atoms with van der Waals surface area (Å²) in [6.07, 6.45) is 11.8. The van der Waals surface area contributed by atoms with Gasteiger partial charge in [0.2, 0.25) is 0 Å². The van der Waals surface area contributed by atoms with Crippen LogP contribution in [0.5, 0.6) is 0 Å². The molecular weight excluding hydrogens is 468 g/mol. The van der Waals surface area contributed by atoms with Crippen molar-refractivity contribution >= 4 is 5.97 Å². The standard InChI is InChI=1S/C31H48O6/c1-2-3-12-29(34)30(35)19-18-26-17-16-25-11-8-7-10-24(25)15-14-23(9-5-4-6-13-31(36)37)20-27(26)21-28(33)22-32/h7-8,10-11,18-19,23,28-30,32-35H,2-6,9,12-17,20-22H2,1H3,(H,36,37)/t23-,28+,29+,30-/m1/s1. The van der Waals surface area contributed by atoms with Gasteiger partial charge in [0.1, 0.15) is 0 Å². The zero-order valence-corrected chi connectivity index (χ0v) is 22.5. The van der Waals surface area contributed by atoms with Crippen molar-refractivity contribution in [2.45, 2.75) is 115 Å². The molecule has 0 saturated heterocycles. The summed E-state index contributed by atoms with van der Waals surface area (Å²) in [5.74, 6) is -0.378. The highest BCUT2D eigenvalue weighted by molar-refractivity contribution is 5.66. The largest absolute Gasteiger partial charge is 0.481 e. The summed E-state index contributed by atoms with van der Waals surface area (Å²) >= 11 is 0. The molecule has 6 nitrogen and oxygen atoms in total. The minimum Gasteiger partial charge on any atom is -0.481 e. The molecule has 0 saturated carbocycles. The fourth-order valence-corrected chi connectivity index (χ4v) is 5.26. The smallest absolute Gasteiger partial charge is 0.303 e. The van der Waals surface area contributed by atoms with Gasteiger partial charge in [-0.25, -0.2) is 0 Å². The number of hydrogen-bond acceptors (Lipinski definition) is 5. The molecule has 2 rings (SSSR count). The van der Waals surface area contributed by atoms with E-state index < -0.39 is 24.3 Å². The number of carbonyl (C=O) groups is 1. The topological polar surface area (TPSA) is 118 Å². The van der Waals surface area contributed by atoms with Crippen LogP contribution < -0.4 is 0 Å². The highest BCUT2D eigenvalue weighted by Gasteiger charge is 2.20. The van der Waals surface area contributed by atoms with E-state index in [-0.39, 0.29) is 13.0 Å². The predicted molar refractivity (Wildman–Crippen MR) is 147 cm³/mol. The maximum atomic E-state index is 10.9. The van der Waals surface area contributed by atoms with E-state index in [1.54, 1.807) is 6.08 Å². The molecule has 208 valence electrons. The van der Waals surface area contributed by atoms with Gasteiger partial charge in [-0.05, 0) is 74.0 Å². The van der Waals surface area contributed by atoms with E-state index >= 15 is 0 Å². The normalized spacial score (nSPS) is 19.4. The molecule has 0 unspecified atom stereocenters. The first-order valence-electron chi connectivity index (χ1n) is 14.2. The van der Waals surface area contributed by atoms with E-state index in [0.717, 1.165) is 75.4 Å². The highest BCUT2D eigenvalue weighted by atomic mass is 16.4. The van der Waals surface area contributed by atoms with Gasteiger partial charge in [-0.1, -0.05) is 81.0 Å². The van der Waals surface area contributed by atoms with E-state index in [2.05, 4.69) is 31.2 Å². The van der Waals surface area contributed by atoms with Crippen molar-refractivity contribution in [1.29, 1.82) is 0 Å². The van der Waals surface area contributed by atoms with Crippen LogP contribution in [0.2, 0.25) is 0 Å². The van der Waals surface area contributed by atoms with Crippen molar-refractivity contribution < 1.29 is 30.3 Å². The maximum absolute atomic E-state index is 10.9. The van der Waals surface area contributed by atoms with Gasteiger partial charge in [0.25, 0.3) is 0 Å². The van der Waals surface area contributed by atoms with E-state index in [4.69, 9.17) is 5.11 Å². The van der Waals surface area contributed by atoms with Crippen LogP contribution in [0.25, 0.3) is 0 Å². The molecule has 0 bridgehead atoms. The second-order valence-electron chi connectivity index (χ2n) is 10.6. The number of benzene rings is 1. The number of aliphatic carboxylic acids is 1. The van der Waals surface area contributed by atoms with Crippen LogP contribution in [-0.2, 0) is 17.6 Å². The first kappa shape index (κ1) is 31.2. The number of carboxylic acid groups (broad SMARTS) is 1. The molecule has 5 N–H and O–H groups in total. The third-order valence-corrected chi connectivity index (χ3v) is 7.53. The van der Waals surface area contributed by atoms with Crippen molar-refractivity contribution in [3.8, 4) is 0 Å². The van der Waals surface area contributed by atoms with Gasteiger partial charge in [-0.3, -0.25) is 4.79 Å². The van der Waals surface area contributed by atoms with Crippen LogP contribution >= 0.6 is 0 Å². The zero-order chi connectivity index (χ0) is 27.0. The fraction of sp³-hybridized carbons (Fsp3) is 0.645. The first-order chi connectivity index (χ1) is 17.8. The Morgan fingerprint density at radius 2 is 1.76 bits per heavy atom. The lowest BCUT2D eigenvalue weighted by Gasteiger charge is -2.25. The number of aryl methyl sites for hydroxylation is 2. The van der Waals surface area contributed by atoms with Gasteiger partial charge in [0, 0.05) is 6.42 Å². The van der Waals surface area contributed by atoms with Gasteiger partial charge < -0.3 is 25.5 Å². The Morgan fingerprint density at radius 1 is 1.03 bits per heavy atom. The number of aliphatic hydroxyl groups excluding tert-OH is 4. The molecule has 6 heteroatoms. The molecule has 0 spiro atoms. The van der Waals surface area contributed by atoms with Crippen molar-refractivity contribution in [2.24, 2.45) is 5.92 Å². The summed E-state index contributed by atoms with van der Waals surface area (Å²) in [6.45, 7) is 1.75. The van der Waals surface area contributed by atoms with Crippen molar-refractivity contribution in [2.75, 3.05) is 6.61 Å². The lowest BCUT2D eigenvalue weighted by atomic mass is 9.81. The molecule has 1 aliphatic rings. The van der Waals surface area contributed by atoms with E-state index in [0.29, 0.717) is 25.2 Å². The predicted octanol–water partition coefficient (Wildman–Crippen LogP) is 5.11. The Hall–Kier alpha value is -1.99. The summed E-state index contributed by atoms with van der Waals surface area (Å²) in [6, 6.07) is 8.52. The van der Waals surface area contributed by atoms with E-state index in [1.807, 2.05) is 6.08 Å². The Labute approximate surface area is 222 Å². The Bertz CT molecular complexity index is 861. The number of hydrogen-bond donors (Lipinski definition) is 5. The summed E-state index contributed by atoms with van der Waals surface area (Å²) in [4.78, 5) is 10.9. The number of allylic oxidation sites excluding steroid dienone is 2. The van der Waals surface area contributed by atoms with Crippen LogP contribution in [0.1, 0.15) is 95.1 Å². The fourth-order valence-electron chi connectivity index (χ4n) is 5.26. The monoisotopic (exact) mass is 516 g/mol. The second kappa shape index (κ2) is 17.5. The summed E-state index contributed by atoms with van der Waals surface area (Å²) < 4.78 is 0. The molecule has 0 radical (unpaired) electrons. The molecule has 1 aromatic carbocycles. The lowest BCUT2D eigenvalue weighted by molar-refractivity contribution is -0.137. The Morgan fingerprint density at radius 3 is 2.43 bits per heavy atom. The number of fused-ring (bicyclic) bond motifs is 1. The van der Waals surface area contributed by atoms with Gasteiger partial charge in [-0.2, -0.15) is 0 Å². The SMILES string of the molecule is CCCC[C@H](O)[C@H](O)C=CC1=C(C[C@H](O)CO)C[C@H](CCCCCC(=O)O)CCc2ccccc2CC1. The minimum absolute atomic E-state index is 0.202. The van der Waals surface area contributed by atoms with Crippen LogP contribution in [0.4, 0.5) is 0 Å². The van der Waals surface area contributed by atoms with Crippen LogP contribution in [-0.4, -0.2) is 56.4 Å². The number of rotatable bonds is 15. The van der Waals surface area contributed by atoms with E-state index in [9.17, 15) is 25.2 Å². The third-order valence-electron chi connectivity index (χ3n) is 7.53. The van der Waals surface area contributed by atoms with Crippen molar-refractivity contribution in [1.82, 2.24) is 0 Å². The molecule has 37 heavy (non-hydrogen) atoms. The number of unbranched alkanes of at least 4 members (excludes halogenated alkanes) is 3. The van der Waals surface area contributed by atoms with Crippen molar-refractivity contribution in [3.05, 3.63) is 58.7 Å². The summed E-state index contributed by atoms with van der Waals surface area (Å²) in [5.41, 5.74) is 4.82. The van der Waals surface area contributed by atoms with E-state index in [1.165, 1.54) is 11.1 Å². The molecule has 0 amide bonds. The lowest BCUT2D eigenvalue weighted by Crippen LogP contribution is -2.23. The average Bonchev–Trinajstić information content (AvgIpc) is 2.89. The molecule has 1 aromatic rings. The average molecular weight is 517 g/mol. The first-order valence-corrected chi connectivity index (χ1v) is 14.2. The Balaban J connectivity index is 2.31. The van der Waals surface area contributed by atoms with Gasteiger partial charge in [-0.15, -0.1) is 0 Å². The molecule has 0 aromatic heterocycles. The third kappa shape index (κ3) is 11.9. The number of carboxylic acids is 1. The van der Waals surface area contributed by atoms with Gasteiger partial charge in [0.05, 0.1) is 24.9 Å². The molecule has 0 heterocycles. The maximum Gasteiger partial charge on any atom is 0.303 e. The molecule has 1 aliphatic carbocycles. The quantitative estimate of drug-likeness (QED) is 0.207. The van der Waals surface area contributed by atoms with Crippen LogP contribution in [0, 0.1) is 5.92 Å². The molecule has 0 fully saturated rings.